The van der Waals surface area contributed by atoms with Crippen molar-refractivity contribution in [1.29, 1.82) is 0 Å². The molecule has 1 aromatic carbocycles. The zero-order valence-corrected chi connectivity index (χ0v) is 15.3. The molecule has 0 saturated carbocycles. The Morgan fingerprint density at radius 3 is 3.04 bits per heavy atom. The highest BCUT2D eigenvalue weighted by Crippen LogP contribution is 2.29. The van der Waals surface area contributed by atoms with Crippen LogP contribution in [0.15, 0.2) is 28.7 Å². The molecule has 1 aliphatic heterocycles. The molecule has 3 rings (SSSR count). The number of carbonyl (C=O) groups is 1. The van der Waals surface area contributed by atoms with Gasteiger partial charge in [0.05, 0.1) is 5.56 Å². The van der Waals surface area contributed by atoms with E-state index in [4.69, 9.17) is 9.15 Å². The molecule has 2 aromatic rings. The van der Waals surface area contributed by atoms with E-state index in [-0.39, 0.29) is 11.7 Å². The Labute approximate surface area is 153 Å². The van der Waals surface area contributed by atoms with Crippen molar-refractivity contribution in [1.82, 2.24) is 10.2 Å². The highest BCUT2D eigenvalue weighted by molar-refractivity contribution is 5.97. The summed E-state index contributed by atoms with van der Waals surface area (Å²) in [6, 6.07) is 6.65. The number of ether oxygens (including phenoxy) is 1. The number of rotatable bonds is 7. The van der Waals surface area contributed by atoms with E-state index in [1.165, 1.54) is 6.07 Å². The topological polar surface area (TPSA) is 54.7 Å². The van der Waals surface area contributed by atoms with Gasteiger partial charge < -0.3 is 14.5 Å². The molecule has 0 unspecified atom stereocenters. The SMILES string of the molecule is COCCCNC(=O)c1c(C)oc2c1CN(Cc1cccc(F)c1)CC2. The molecule has 1 aromatic heterocycles. The first-order valence-corrected chi connectivity index (χ1v) is 8.93. The highest BCUT2D eigenvalue weighted by atomic mass is 19.1. The van der Waals surface area contributed by atoms with Crippen LogP contribution in [0.2, 0.25) is 0 Å². The van der Waals surface area contributed by atoms with Crippen LogP contribution in [0, 0.1) is 12.7 Å². The Hall–Kier alpha value is -2.18. The summed E-state index contributed by atoms with van der Waals surface area (Å²) in [4.78, 5) is 14.8. The fourth-order valence-corrected chi connectivity index (χ4v) is 3.41. The third kappa shape index (κ3) is 4.31. The largest absolute Gasteiger partial charge is 0.465 e. The maximum absolute atomic E-state index is 13.4. The molecule has 1 N–H and O–H groups in total. The molecule has 0 radical (unpaired) electrons. The molecule has 1 aliphatic rings. The lowest BCUT2D eigenvalue weighted by molar-refractivity contribution is 0.0945. The summed E-state index contributed by atoms with van der Waals surface area (Å²) in [6.45, 7) is 5.12. The minimum atomic E-state index is -0.226. The molecular weight excluding hydrogens is 335 g/mol. The second-order valence-electron chi connectivity index (χ2n) is 6.63. The molecule has 26 heavy (non-hydrogen) atoms. The van der Waals surface area contributed by atoms with E-state index in [2.05, 4.69) is 10.2 Å². The van der Waals surface area contributed by atoms with Crippen LogP contribution in [0.1, 0.15) is 39.4 Å². The number of methoxy groups -OCH3 is 1. The Balaban J connectivity index is 1.70. The summed E-state index contributed by atoms with van der Waals surface area (Å²) in [7, 11) is 1.64. The van der Waals surface area contributed by atoms with Gasteiger partial charge in [-0.3, -0.25) is 9.69 Å². The van der Waals surface area contributed by atoms with E-state index < -0.39 is 0 Å². The fourth-order valence-electron chi connectivity index (χ4n) is 3.41. The number of nitrogens with zero attached hydrogens (tertiary/aromatic N) is 1. The summed E-state index contributed by atoms with van der Waals surface area (Å²) in [6.07, 6.45) is 1.52. The Bertz CT molecular complexity index is 772. The van der Waals surface area contributed by atoms with Crippen LogP contribution in [-0.4, -0.2) is 37.6 Å². The summed E-state index contributed by atoms with van der Waals surface area (Å²) in [5, 5.41) is 2.94. The molecule has 0 aliphatic carbocycles. The Morgan fingerprint density at radius 2 is 2.27 bits per heavy atom. The van der Waals surface area contributed by atoms with E-state index in [0.717, 1.165) is 36.3 Å². The van der Waals surface area contributed by atoms with E-state index in [9.17, 15) is 9.18 Å². The van der Waals surface area contributed by atoms with E-state index in [1.54, 1.807) is 19.2 Å². The van der Waals surface area contributed by atoms with Gasteiger partial charge in [0.15, 0.2) is 0 Å². The lowest BCUT2D eigenvalue weighted by atomic mass is 10.0. The minimum Gasteiger partial charge on any atom is -0.465 e. The second-order valence-corrected chi connectivity index (χ2v) is 6.63. The monoisotopic (exact) mass is 360 g/mol. The van der Waals surface area contributed by atoms with Crippen LogP contribution in [0.25, 0.3) is 0 Å². The van der Waals surface area contributed by atoms with Crippen molar-refractivity contribution in [2.45, 2.75) is 32.9 Å². The number of benzene rings is 1. The number of hydrogen-bond acceptors (Lipinski definition) is 4. The molecule has 140 valence electrons. The van der Waals surface area contributed by atoms with Gasteiger partial charge in [-0.1, -0.05) is 12.1 Å². The molecule has 0 atom stereocenters. The average molecular weight is 360 g/mol. The van der Waals surface area contributed by atoms with Gasteiger partial charge in [-0.15, -0.1) is 0 Å². The van der Waals surface area contributed by atoms with Gasteiger partial charge in [-0.2, -0.15) is 0 Å². The third-order valence-electron chi connectivity index (χ3n) is 4.64. The van der Waals surface area contributed by atoms with E-state index >= 15 is 0 Å². The van der Waals surface area contributed by atoms with Gasteiger partial charge in [-0.05, 0) is 31.0 Å². The molecule has 0 spiro atoms. The van der Waals surface area contributed by atoms with Gasteiger partial charge in [0, 0.05) is 51.9 Å². The van der Waals surface area contributed by atoms with Gasteiger partial charge in [0.25, 0.3) is 5.91 Å². The van der Waals surface area contributed by atoms with Crippen molar-refractivity contribution in [3.05, 3.63) is 58.3 Å². The predicted molar refractivity (Wildman–Crippen MR) is 96.5 cm³/mol. The average Bonchev–Trinajstić information content (AvgIpc) is 2.94. The summed E-state index contributed by atoms with van der Waals surface area (Å²) in [5.41, 5.74) is 2.52. The molecule has 0 bridgehead atoms. The zero-order chi connectivity index (χ0) is 18.5. The maximum Gasteiger partial charge on any atom is 0.255 e. The fraction of sp³-hybridized carbons (Fsp3) is 0.450. The first-order valence-electron chi connectivity index (χ1n) is 8.93. The summed E-state index contributed by atoms with van der Waals surface area (Å²) >= 11 is 0. The Morgan fingerprint density at radius 1 is 1.42 bits per heavy atom. The van der Waals surface area contributed by atoms with Crippen LogP contribution < -0.4 is 5.32 Å². The maximum atomic E-state index is 13.4. The van der Waals surface area contributed by atoms with Crippen LogP contribution >= 0.6 is 0 Å². The third-order valence-corrected chi connectivity index (χ3v) is 4.64. The normalized spacial score (nSPS) is 14.3. The molecule has 1 amide bonds. The Kier molecular flexibility index (Phi) is 6.06. The van der Waals surface area contributed by atoms with Crippen LogP contribution in [0.4, 0.5) is 4.39 Å². The minimum absolute atomic E-state index is 0.101. The smallest absolute Gasteiger partial charge is 0.255 e. The van der Waals surface area contributed by atoms with Crippen molar-refractivity contribution in [3.63, 3.8) is 0 Å². The van der Waals surface area contributed by atoms with Gasteiger partial charge >= 0.3 is 0 Å². The lowest BCUT2D eigenvalue weighted by Gasteiger charge is -2.26. The van der Waals surface area contributed by atoms with Crippen molar-refractivity contribution < 1.29 is 18.3 Å². The first-order chi connectivity index (χ1) is 12.6. The number of carbonyl (C=O) groups excluding carboxylic acids is 1. The van der Waals surface area contributed by atoms with Crippen molar-refractivity contribution in [2.75, 3.05) is 26.8 Å². The number of halogens is 1. The second kappa shape index (κ2) is 8.47. The molecule has 6 heteroatoms. The van der Waals surface area contributed by atoms with Crippen molar-refractivity contribution >= 4 is 5.91 Å². The van der Waals surface area contributed by atoms with E-state index in [0.29, 0.717) is 37.6 Å². The molecule has 5 nitrogen and oxygen atoms in total. The summed E-state index contributed by atoms with van der Waals surface area (Å²) < 4.78 is 24.2. The number of hydrogen-bond donors (Lipinski definition) is 1. The van der Waals surface area contributed by atoms with Crippen molar-refractivity contribution in [3.8, 4) is 0 Å². The lowest BCUT2D eigenvalue weighted by Crippen LogP contribution is -2.32. The van der Waals surface area contributed by atoms with Crippen LogP contribution in [0.5, 0.6) is 0 Å². The number of aryl methyl sites for hydroxylation is 1. The molecule has 0 saturated heterocycles. The quantitative estimate of drug-likeness (QED) is 0.771. The summed E-state index contributed by atoms with van der Waals surface area (Å²) in [5.74, 6) is 1.22. The molecular formula is C20H25FN2O3. The molecule has 2 heterocycles. The zero-order valence-electron chi connectivity index (χ0n) is 15.3. The van der Waals surface area contributed by atoms with Crippen LogP contribution in [-0.2, 0) is 24.2 Å². The number of furan rings is 1. The highest BCUT2D eigenvalue weighted by Gasteiger charge is 2.28. The predicted octanol–water partition coefficient (Wildman–Crippen LogP) is 3.05. The standard InChI is InChI=1S/C20H25FN2O3/c1-14-19(20(24)22-8-4-10-25-2)17-13-23(9-7-18(17)26-14)12-15-5-3-6-16(21)11-15/h3,5-6,11H,4,7-10,12-13H2,1-2H3,(H,22,24). The van der Waals surface area contributed by atoms with Crippen LogP contribution in [0.3, 0.4) is 0 Å². The number of nitrogens with one attached hydrogen (secondary N) is 1. The van der Waals surface area contributed by atoms with Gasteiger partial charge in [0.2, 0.25) is 0 Å². The van der Waals surface area contributed by atoms with E-state index in [1.807, 2.05) is 13.0 Å². The molecule has 0 fully saturated rings. The van der Waals surface area contributed by atoms with Crippen molar-refractivity contribution in [2.24, 2.45) is 0 Å². The number of amides is 1. The first kappa shape index (κ1) is 18.6. The number of fused-ring (bicyclic) bond motifs is 1. The van der Waals surface area contributed by atoms with Gasteiger partial charge in [-0.25, -0.2) is 4.39 Å². The van der Waals surface area contributed by atoms with Gasteiger partial charge in [0.1, 0.15) is 17.3 Å².